The van der Waals surface area contributed by atoms with Gasteiger partial charge in [0.1, 0.15) is 5.52 Å². The average Bonchev–Trinajstić information content (AvgIpc) is 2.05. The van der Waals surface area contributed by atoms with Gasteiger partial charge in [-0.1, -0.05) is 0 Å². The third-order valence-corrected chi connectivity index (χ3v) is 2.22. The van der Waals surface area contributed by atoms with Gasteiger partial charge in [0.25, 0.3) is 0 Å². The minimum Gasteiger partial charge on any atom is -0.215 e. The van der Waals surface area contributed by atoms with Crippen LogP contribution in [0.2, 0.25) is 5.28 Å². The van der Waals surface area contributed by atoms with Crippen LogP contribution in [-0.4, -0.2) is 15.2 Å². The van der Waals surface area contributed by atoms with Crippen LogP contribution >= 0.6 is 34.2 Å². The van der Waals surface area contributed by atoms with Crippen LogP contribution in [0.4, 0.5) is 0 Å². The van der Waals surface area contributed by atoms with Gasteiger partial charge in [-0.25, -0.2) is 4.98 Å². The fraction of sp³-hybridized carbons (Fsp3) is 0. The molecule has 60 valence electrons. The van der Waals surface area contributed by atoms with E-state index in [9.17, 15) is 0 Å². The molecule has 0 aliphatic heterocycles. The van der Waals surface area contributed by atoms with Crippen molar-refractivity contribution in [1.29, 1.82) is 0 Å². The number of fused-ring (bicyclic) bond motifs is 1. The summed E-state index contributed by atoms with van der Waals surface area (Å²) < 4.78 is 1.11. The van der Waals surface area contributed by atoms with Crippen LogP contribution in [0.3, 0.4) is 0 Å². The molecule has 0 unspecified atom stereocenters. The second-order valence-corrected chi connectivity index (χ2v) is 3.80. The van der Waals surface area contributed by atoms with Crippen molar-refractivity contribution in [2.75, 3.05) is 0 Å². The molecule has 5 heteroatoms. The maximum atomic E-state index is 5.57. The number of halogens is 2. The zero-order valence-electron chi connectivity index (χ0n) is 5.83. The van der Waals surface area contributed by atoms with Crippen LogP contribution in [0.1, 0.15) is 0 Å². The topological polar surface area (TPSA) is 38.7 Å². The first-order valence-corrected chi connectivity index (χ1v) is 4.67. The first-order chi connectivity index (χ1) is 5.75. The zero-order chi connectivity index (χ0) is 8.55. The number of benzene rings is 1. The van der Waals surface area contributed by atoms with Crippen LogP contribution in [-0.2, 0) is 0 Å². The zero-order valence-corrected chi connectivity index (χ0v) is 8.74. The van der Waals surface area contributed by atoms with Crippen molar-refractivity contribution in [1.82, 2.24) is 15.2 Å². The predicted molar refractivity (Wildman–Crippen MR) is 55.1 cm³/mol. The molecule has 0 N–H and O–H groups in total. The largest absolute Gasteiger partial charge is 0.243 e. The quantitative estimate of drug-likeness (QED) is 0.699. The fourth-order valence-corrected chi connectivity index (χ4v) is 1.49. The molecule has 0 radical (unpaired) electrons. The molecule has 0 aliphatic rings. The molecule has 0 aliphatic carbocycles. The third kappa shape index (κ3) is 1.49. The van der Waals surface area contributed by atoms with E-state index in [4.69, 9.17) is 11.6 Å². The first kappa shape index (κ1) is 8.12. The lowest BCUT2D eigenvalue weighted by molar-refractivity contribution is 1.02. The monoisotopic (exact) mass is 291 g/mol. The first-order valence-electron chi connectivity index (χ1n) is 3.21. The molecule has 2 rings (SSSR count). The van der Waals surface area contributed by atoms with Crippen molar-refractivity contribution >= 4 is 45.2 Å². The van der Waals surface area contributed by atoms with Gasteiger partial charge in [-0.3, -0.25) is 0 Å². The summed E-state index contributed by atoms with van der Waals surface area (Å²) in [6, 6.07) is 5.73. The van der Waals surface area contributed by atoms with Crippen molar-refractivity contribution in [2.24, 2.45) is 0 Å². The molecule has 0 fully saturated rings. The molecule has 2 aromatic rings. The van der Waals surface area contributed by atoms with Crippen LogP contribution in [0.25, 0.3) is 11.0 Å². The second-order valence-electron chi connectivity index (χ2n) is 2.21. The highest BCUT2D eigenvalue weighted by atomic mass is 127. The predicted octanol–water partition coefficient (Wildman–Crippen LogP) is 2.28. The molecule has 1 heterocycles. The number of hydrogen-bond donors (Lipinski definition) is 0. The molecule has 0 amide bonds. The Labute approximate surface area is 87.3 Å². The van der Waals surface area contributed by atoms with Crippen molar-refractivity contribution in [2.45, 2.75) is 0 Å². The third-order valence-electron chi connectivity index (χ3n) is 1.39. The van der Waals surface area contributed by atoms with Crippen LogP contribution < -0.4 is 0 Å². The molecule has 0 saturated heterocycles. The Morgan fingerprint density at radius 2 is 2.00 bits per heavy atom. The minimum atomic E-state index is 0.184. The van der Waals surface area contributed by atoms with E-state index < -0.39 is 0 Å². The molecule has 0 bridgehead atoms. The Bertz CT molecular complexity index is 391. The molecule has 0 spiro atoms. The number of hydrogen-bond acceptors (Lipinski definition) is 3. The van der Waals surface area contributed by atoms with Crippen LogP contribution in [0.15, 0.2) is 18.2 Å². The van der Waals surface area contributed by atoms with Crippen molar-refractivity contribution in [3.8, 4) is 0 Å². The average molecular weight is 291 g/mol. The summed E-state index contributed by atoms with van der Waals surface area (Å²) in [4.78, 5) is 4.01. The van der Waals surface area contributed by atoms with E-state index in [1.807, 2.05) is 18.2 Å². The lowest BCUT2D eigenvalue weighted by Gasteiger charge is -1.95. The minimum absolute atomic E-state index is 0.184. The van der Waals surface area contributed by atoms with E-state index in [0.29, 0.717) is 0 Å². The summed E-state index contributed by atoms with van der Waals surface area (Å²) in [5, 5.41) is 7.73. The summed E-state index contributed by atoms with van der Waals surface area (Å²) in [5.41, 5.74) is 1.54. The standard InChI is InChI=1S/C7H3ClIN3/c8-7-10-5-2-1-4(9)3-6(5)11-12-7/h1-3H. The Kier molecular flexibility index (Phi) is 2.10. The van der Waals surface area contributed by atoms with E-state index in [1.54, 1.807) is 0 Å². The molecular weight excluding hydrogens is 288 g/mol. The van der Waals surface area contributed by atoms with Gasteiger partial charge >= 0.3 is 0 Å². The Morgan fingerprint density at radius 1 is 1.17 bits per heavy atom. The number of aromatic nitrogens is 3. The maximum absolute atomic E-state index is 5.57. The van der Waals surface area contributed by atoms with Crippen molar-refractivity contribution < 1.29 is 0 Å². The van der Waals surface area contributed by atoms with Gasteiger partial charge in [0.05, 0.1) is 5.52 Å². The van der Waals surface area contributed by atoms with Gasteiger partial charge in [0.15, 0.2) is 0 Å². The normalized spacial score (nSPS) is 10.5. The van der Waals surface area contributed by atoms with Gasteiger partial charge in [-0.2, -0.15) is 0 Å². The van der Waals surface area contributed by atoms with E-state index in [0.717, 1.165) is 14.6 Å². The summed E-state index contributed by atoms with van der Waals surface area (Å²) in [7, 11) is 0. The second kappa shape index (κ2) is 3.10. The van der Waals surface area contributed by atoms with Gasteiger partial charge in [-0.05, 0) is 52.4 Å². The number of nitrogens with zero attached hydrogens (tertiary/aromatic N) is 3. The highest BCUT2D eigenvalue weighted by molar-refractivity contribution is 14.1. The lowest BCUT2D eigenvalue weighted by atomic mass is 10.3. The van der Waals surface area contributed by atoms with E-state index >= 15 is 0 Å². The fourth-order valence-electron chi connectivity index (χ4n) is 0.888. The SMILES string of the molecule is Clc1nnc2cc(I)ccc2n1. The van der Waals surface area contributed by atoms with Gasteiger partial charge in [-0.15, -0.1) is 10.2 Å². The van der Waals surface area contributed by atoms with Crippen molar-refractivity contribution in [3.63, 3.8) is 0 Å². The van der Waals surface area contributed by atoms with Gasteiger partial charge in [0.2, 0.25) is 5.28 Å². The Morgan fingerprint density at radius 3 is 2.83 bits per heavy atom. The summed E-state index contributed by atoms with van der Waals surface area (Å²) in [6.07, 6.45) is 0. The molecule has 1 aromatic carbocycles. The Balaban J connectivity index is 2.79. The van der Waals surface area contributed by atoms with Gasteiger partial charge in [0, 0.05) is 3.57 Å². The lowest BCUT2D eigenvalue weighted by Crippen LogP contribution is -1.89. The number of rotatable bonds is 0. The molecule has 0 saturated carbocycles. The van der Waals surface area contributed by atoms with Crippen molar-refractivity contribution in [3.05, 3.63) is 27.1 Å². The Hall–Kier alpha value is -0.490. The van der Waals surface area contributed by atoms with E-state index in [1.165, 1.54) is 0 Å². The van der Waals surface area contributed by atoms with E-state index in [2.05, 4.69) is 37.8 Å². The summed E-state index contributed by atoms with van der Waals surface area (Å²) in [6.45, 7) is 0. The van der Waals surface area contributed by atoms with Crippen LogP contribution in [0.5, 0.6) is 0 Å². The molecule has 0 atom stereocenters. The highest BCUT2D eigenvalue weighted by Gasteiger charge is 1.98. The molecular formula is C7H3ClIN3. The summed E-state index contributed by atoms with van der Waals surface area (Å²) >= 11 is 7.78. The van der Waals surface area contributed by atoms with Crippen LogP contribution in [0, 0.1) is 3.57 Å². The molecule has 1 aromatic heterocycles. The van der Waals surface area contributed by atoms with Gasteiger partial charge < -0.3 is 0 Å². The molecule has 3 nitrogen and oxygen atoms in total. The molecule has 12 heavy (non-hydrogen) atoms. The smallest absolute Gasteiger partial charge is 0.215 e. The highest BCUT2D eigenvalue weighted by Crippen LogP contribution is 2.13. The van der Waals surface area contributed by atoms with E-state index in [-0.39, 0.29) is 5.28 Å². The maximum Gasteiger partial charge on any atom is 0.243 e. The summed E-state index contributed by atoms with van der Waals surface area (Å²) in [5.74, 6) is 0.